The molecule has 25 heavy (non-hydrogen) atoms. The zero-order valence-electron chi connectivity index (χ0n) is 13.4. The van der Waals surface area contributed by atoms with Crippen molar-refractivity contribution >= 4 is 22.0 Å². The summed E-state index contributed by atoms with van der Waals surface area (Å²) in [5, 5.41) is 2.01. The van der Waals surface area contributed by atoms with Crippen LogP contribution in [-0.2, 0) is 19.6 Å². The van der Waals surface area contributed by atoms with Crippen LogP contribution >= 0.6 is 0 Å². The maximum Gasteiger partial charge on any atom is 0.413 e. The highest BCUT2D eigenvalue weighted by Gasteiger charge is 2.33. The van der Waals surface area contributed by atoms with Gasteiger partial charge in [0.25, 0.3) is 5.91 Å². The quantitative estimate of drug-likeness (QED) is 0.682. The van der Waals surface area contributed by atoms with Crippen LogP contribution in [0.25, 0.3) is 0 Å². The first-order valence-electron chi connectivity index (χ1n) is 7.40. The number of halogens is 2. The van der Waals surface area contributed by atoms with E-state index in [0.717, 1.165) is 28.4 Å². The Morgan fingerprint density at radius 3 is 2.52 bits per heavy atom. The van der Waals surface area contributed by atoms with Gasteiger partial charge in [-0.15, -0.1) is 0 Å². The average Bonchev–Trinajstić information content (AvgIpc) is 2.57. The van der Waals surface area contributed by atoms with Crippen molar-refractivity contribution in [1.82, 2.24) is 9.62 Å². The number of nitrogens with zero attached hydrogens (tertiary/aromatic N) is 1. The van der Waals surface area contributed by atoms with Crippen LogP contribution in [0.15, 0.2) is 23.1 Å². The number of methoxy groups -OCH3 is 1. The fourth-order valence-electron chi connectivity index (χ4n) is 2.47. The smallest absolute Gasteiger partial charge is 0.413 e. The molecule has 1 saturated heterocycles. The van der Waals surface area contributed by atoms with E-state index >= 15 is 0 Å². The van der Waals surface area contributed by atoms with E-state index in [-0.39, 0.29) is 32.7 Å². The number of hydrogen-bond acceptors (Lipinski definition) is 5. The molecule has 0 spiro atoms. The highest BCUT2D eigenvalue weighted by Crippen LogP contribution is 2.20. The first-order chi connectivity index (χ1) is 11.7. The van der Waals surface area contributed by atoms with Crippen molar-refractivity contribution in [2.24, 2.45) is 0 Å². The molecule has 2 rings (SSSR count). The van der Waals surface area contributed by atoms with Crippen LogP contribution in [0.2, 0.25) is 0 Å². The number of ether oxygens (including phenoxy) is 1. The predicted octanol–water partition coefficient (Wildman–Crippen LogP) is -1.26. The zero-order chi connectivity index (χ0) is 18.6. The lowest BCUT2D eigenvalue weighted by Gasteiger charge is -2.31. The van der Waals surface area contributed by atoms with E-state index in [1.54, 1.807) is 0 Å². The summed E-state index contributed by atoms with van der Waals surface area (Å²) in [4.78, 5) is 22.6. The van der Waals surface area contributed by atoms with Crippen LogP contribution in [0.4, 0.5) is 13.6 Å². The molecule has 2 amide bonds. The number of piperazine rings is 1. The number of sulfonamides is 1. The third-order valence-corrected chi connectivity index (χ3v) is 5.69. The number of benzene rings is 1. The molecule has 0 aromatic heterocycles. The fourth-order valence-corrected chi connectivity index (χ4v) is 3.99. The highest BCUT2D eigenvalue weighted by atomic mass is 32.2. The summed E-state index contributed by atoms with van der Waals surface area (Å²) in [6.45, 7) is 0.616. The molecule has 1 aliphatic heterocycles. The first-order valence-corrected chi connectivity index (χ1v) is 8.84. The Morgan fingerprint density at radius 1 is 1.28 bits per heavy atom. The Labute approximate surface area is 143 Å². The van der Waals surface area contributed by atoms with Crippen LogP contribution in [0.3, 0.4) is 0 Å². The predicted molar refractivity (Wildman–Crippen MR) is 81.2 cm³/mol. The van der Waals surface area contributed by atoms with E-state index in [1.807, 2.05) is 5.32 Å². The first kappa shape index (κ1) is 19.2. The Kier molecular flexibility index (Phi) is 6.03. The van der Waals surface area contributed by atoms with Gasteiger partial charge in [-0.2, -0.15) is 4.31 Å². The molecule has 0 aliphatic carbocycles. The fraction of sp³-hybridized carbons (Fsp3) is 0.429. The number of nitrogens with one attached hydrogen (secondary N) is 2. The van der Waals surface area contributed by atoms with Gasteiger partial charge in [0.1, 0.15) is 16.5 Å². The largest absolute Gasteiger partial charge is 0.453 e. The summed E-state index contributed by atoms with van der Waals surface area (Å²) in [5.41, 5.74) is 0. The summed E-state index contributed by atoms with van der Waals surface area (Å²) in [6.07, 6.45) is -0.868. The van der Waals surface area contributed by atoms with Crippen LogP contribution in [0.1, 0.15) is 0 Å². The Hall–Kier alpha value is -2.11. The lowest BCUT2D eigenvalue weighted by atomic mass is 10.3. The molecule has 11 heteroatoms. The van der Waals surface area contributed by atoms with Gasteiger partial charge in [-0.3, -0.25) is 10.1 Å². The van der Waals surface area contributed by atoms with Gasteiger partial charge in [-0.25, -0.2) is 22.0 Å². The van der Waals surface area contributed by atoms with Crippen LogP contribution < -0.4 is 10.2 Å². The van der Waals surface area contributed by atoms with Gasteiger partial charge >= 0.3 is 6.09 Å². The maximum atomic E-state index is 13.7. The molecular formula is C14H18F2N3O5S+. The summed E-state index contributed by atoms with van der Waals surface area (Å²) in [6, 6.07) is 2.25. The van der Waals surface area contributed by atoms with E-state index < -0.39 is 38.6 Å². The number of amides is 2. The maximum absolute atomic E-state index is 13.7. The van der Waals surface area contributed by atoms with Crippen molar-refractivity contribution < 1.29 is 36.4 Å². The average molecular weight is 378 g/mol. The normalized spacial score (nSPS) is 16.4. The van der Waals surface area contributed by atoms with Crippen molar-refractivity contribution in [3.05, 3.63) is 29.8 Å². The molecule has 1 aromatic rings. The summed E-state index contributed by atoms with van der Waals surface area (Å²) >= 11 is 0. The van der Waals surface area contributed by atoms with Gasteiger partial charge < -0.3 is 9.64 Å². The van der Waals surface area contributed by atoms with E-state index in [9.17, 15) is 26.8 Å². The number of carbonyl (C=O) groups excluding carboxylic acids is 2. The lowest BCUT2D eigenvalue weighted by Crippen LogP contribution is -3.15. The van der Waals surface area contributed by atoms with Crippen LogP contribution in [-0.4, -0.2) is 64.6 Å². The van der Waals surface area contributed by atoms with Crippen molar-refractivity contribution in [1.29, 1.82) is 0 Å². The second-order valence-corrected chi connectivity index (χ2v) is 7.35. The SMILES string of the molecule is COC(=O)NC(=O)C[NH+]1CCN(S(=O)(=O)c2cc(F)ccc2F)CC1. The van der Waals surface area contributed by atoms with E-state index in [2.05, 4.69) is 4.74 Å². The number of alkyl carbamates (subject to hydrolysis) is 1. The number of rotatable bonds is 4. The van der Waals surface area contributed by atoms with Crippen LogP contribution in [0, 0.1) is 11.6 Å². The standard InChI is InChI=1S/C14H17F2N3O5S/c1-24-14(21)17-13(20)9-18-4-6-19(7-5-18)25(22,23)12-8-10(15)2-3-11(12)16/h2-3,8H,4-7,9H2,1H3,(H,17,20,21)/p+1. The molecule has 0 saturated carbocycles. The molecule has 0 bridgehead atoms. The third-order valence-electron chi connectivity index (χ3n) is 3.78. The highest BCUT2D eigenvalue weighted by molar-refractivity contribution is 7.89. The van der Waals surface area contributed by atoms with Gasteiger partial charge in [0.05, 0.1) is 33.3 Å². The van der Waals surface area contributed by atoms with Gasteiger partial charge in [-0.1, -0.05) is 0 Å². The topological polar surface area (TPSA) is 97.2 Å². The van der Waals surface area contributed by atoms with Crippen molar-refractivity contribution in [3.8, 4) is 0 Å². The molecule has 1 fully saturated rings. The molecule has 1 aliphatic rings. The van der Waals surface area contributed by atoms with Crippen molar-refractivity contribution in [3.63, 3.8) is 0 Å². The summed E-state index contributed by atoms with van der Waals surface area (Å²) < 4.78 is 57.2. The molecule has 2 N–H and O–H groups in total. The van der Waals surface area contributed by atoms with E-state index in [0.29, 0.717) is 6.07 Å². The van der Waals surface area contributed by atoms with Gasteiger partial charge in [0.15, 0.2) is 6.54 Å². The van der Waals surface area contributed by atoms with Crippen molar-refractivity contribution in [2.45, 2.75) is 4.90 Å². The molecule has 1 aromatic carbocycles. The molecule has 0 atom stereocenters. The molecule has 8 nitrogen and oxygen atoms in total. The monoisotopic (exact) mass is 378 g/mol. The lowest BCUT2D eigenvalue weighted by molar-refractivity contribution is -0.895. The summed E-state index contributed by atoms with van der Waals surface area (Å²) in [7, 11) is -3.03. The van der Waals surface area contributed by atoms with Gasteiger partial charge in [0, 0.05) is 0 Å². The molecule has 138 valence electrons. The number of imide groups is 1. The van der Waals surface area contributed by atoms with Crippen LogP contribution in [0.5, 0.6) is 0 Å². The minimum Gasteiger partial charge on any atom is -0.453 e. The number of hydrogen-bond donors (Lipinski definition) is 2. The summed E-state index contributed by atoms with van der Waals surface area (Å²) in [5.74, 6) is -2.41. The second-order valence-electron chi connectivity index (χ2n) is 5.45. The second kappa shape index (κ2) is 7.85. The minimum absolute atomic E-state index is 0.0304. The Bertz CT molecular complexity index is 764. The van der Waals surface area contributed by atoms with Gasteiger partial charge in [-0.05, 0) is 18.2 Å². The molecule has 0 radical (unpaired) electrons. The van der Waals surface area contributed by atoms with Gasteiger partial charge in [0.2, 0.25) is 10.0 Å². The molecule has 0 unspecified atom stereocenters. The Balaban J connectivity index is 1.98. The minimum atomic E-state index is -4.16. The van der Waals surface area contributed by atoms with E-state index in [1.165, 1.54) is 0 Å². The molecular weight excluding hydrogens is 360 g/mol. The zero-order valence-corrected chi connectivity index (χ0v) is 14.2. The Morgan fingerprint density at radius 2 is 1.92 bits per heavy atom. The van der Waals surface area contributed by atoms with E-state index in [4.69, 9.17) is 0 Å². The number of carbonyl (C=O) groups is 2. The molecule has 1 heterocycles. The van der Waals surface area contributed by atoms with Crippen molar-refractivity contribution in [2.75, 3.05) is 39.8 Å². The third kappa shape index (κ3) is 4.71. The number of quaternary nitrogens is 1.